The molecule has 10 heteroatoms. The number of aliphatic hydroxyl groups excluding tert-OH is 3. The maximum absolute atomic E-state index is 14.0. The smallest absolute Gasteiger partial charge is 0.417 e. The Kier molecular flexibility index (Phi) is 22.8. The van der Waals surface area contributed by atoms with Crippen molar-refractivity contribution < 1.29 is 43.9 Å². The van der Waals surface area contributed by atoms with Crippen molar-refractivity contribution >= 4 is 17.8 Å². The first-order valence-electron chi connectivity index (χ1n) is 23.7. The first kappa shape index (κ1) is 58.0. The third-order valence-electron chi connectivity index (χ3n) is 11.9. The van der Waals surface area contributed by atoms with Crippen LogP contribution in [-0.4, -0.2) is 73.6 Å². The summed E-state index contributed by atoms with van der Waals surface area (Å²) in [7, 11) is 0. The van der Waals surface area contributed by atoms with Crippen molar-refractivity contribution in [1.82, 2.24) is 4.90 Å². The lowest BCUT2D eigenvalue weighted by molar-refractivity contribution is -0.174. The van der Waals surface area contributed by atoms with E-state index < -0.39 is 59.4 Å². The molecule has 0 saturated carbocycles. The molecule has 3 N–H and O–H groups in total. The Morgan fingerprint density at radius 1 is 0.595 bits per heavy atom. The molecule has 5 aromatic carbocycles. The Hall–Kier alpha value is -8.57. The van der Waals surface area contributed by atoms with Crippen molar-refractivity contribution in [2.24, 2.45) is 0 Å². The minimum absolute atomic E-state index is 0.0939. The van der Waals surface area contributed by atoms with Crippen molar-refractivity contribution in [2.45, 2.75) is 103 Å². The van der Waals surface area contributed by atoms with Crippen molar-refractivity contribution in [3.8, 4) is 106 Å². The van der Waals surface area contributed by atoms with Crippen LogP contribution >= 0.6 is 0 Å². The second-order valence-electron chi connectivity index (χ2n) is 17.3. The molecule has 1 fully saturated rings. The van der Waals surface area contributed by atoms with Gasteiger partial charge in [0.2, 0.25) is 0 Å². The molecule has 0 aromatic heterocycles. The summed E-state index contributed by atoms with van der Waals surface area (Å²) in [6, 6.07) is 44.4. The van der Waals surface area contributed by atoms with Crippen LogP contribution in [0.4, 0.5) is 4.79 Å². The largest absolute Gasteiger partial charge is 0.440 e. The van der Waals surface area contributed by atoms with Gasteiger partial charge < -0.3 is 29.5 Å². The fourth-order valence-corrected chi connectivity index (χ4v) is 7.61. The van der Waals surface area contributed by atoms with Gasteiger partial charge in [-0.1, -0.05) is 153 Å². The highest BCUT2D eigenvalue weighted by Gasteiger charge is 2.56. The van der Waals surface area contributed by atoms with Crippen molar-refractivity contribution in [3.05, 3.63) is 156 Å². The zero-order valence-electron chi connectivity index (χ0n) is 42.4. The van der Waals surface area contributed by atoms with Gasteiger partial charge in [0.25, 0.3) is 5.91 Å². The predicted molar refractivity (Wildman–Crippen MR) is 288 cm³/mol. The number of hydrogen-bond acceptors (Lipinski definition) is 9. The minimum Gasteiger partial charge on any atom is -0.440 e. The number of terminal acetylenes is 2. The lowest BCUT2D eigenvalue weighted by Crippen LogP contribution is -2.57. The number of ketones is 1. The molecular formula is C64H59NO9. The third kappa shape index (κ3) is 16.2. The van der Waals surface area contributed by atoms with E-state index in [1.54, 1.807) is 34.6 Å². The van der Waals surface area contributed by atoms with E-state index in [0.717, 1.165) is 43.8 Å². The van der Waals surface area contributed by atoms with Crippen LogP contribution in [0.1, 0.15) is 77.1 Å². The summed E-state index contributed by atoms with van der Waals surface area (Å²) in [5.41, 5.74) is 2.92. The van der Waals surface area contributed by atoms with Crippen LogP contribution in [0.15, 0.2) is 140 Å². The number of nitrogens with zero attached hydrogens (tertiary/aromatic N) is 1. The van der Waals surface area contributed by atoms with E-state index in [4.69, 9.17) is 32.2 Å². The zero-order chi connectivity index (χ0) is 54.0. The third-order valence-corrected chi connectivity index (χ3v) is 11.9. The molecule has 0 bridgehead atoms. The Balaban J connectivity index is 0.000000268. The Morgan fingerprint density at radius 3 is 1.32 bits per heavy atom. The van der Waals surface area contributed by atoms with Gasteiger partial charge in [-0.2, -0.15) is 0 Å². The molecule has 10 nitrogen and oxygen atoms in total. The van der Waals surface area contributed by atoms with E-state index in [1.165, 1.54) is 6.92 Å². The van der Waals surface area contributed by atoms with Gasteiger partial charge in [-0.05, 0) is 151 Å². The molecular weight excluding hydrogens is 927 g/mol. The average Bonchev–Trinajstić information content (AvgIpc) is 3.69. The molecule has 2 amide bonds. The molecule has 0 unspecified atom stereocenters. The first-order chi connectivity index (χ1) is 35.6. The van der Waals surface area contributed by atoms with Crippen LogP contribution in [0.25, 0.3) is 22.3 Å². The van der Waals surface area contributed by atoms with Gasteiger partial charge >= 0.3 is 6.09 Å². The van der Waals surface area contributed by atoms with Crippen LogP contribution in [0.2, 0.25) is 0 Å². The first-order valence-corrected chi connectivity index (χ1v) is 23.7. The maximum atomic E-state index is 14.0. The molecule has 1 heterocycles. The molecule has 1 saturated heterocycles. The number of ether oxygens (including phenoxy) is 3. The van der Waals surface area contributed by atoms with Gasteiger partial charge in [0.1, 0.15) is 18.2 Å². The van der Waals surface area contributed by atoms with Gasteiger partial charge in [-0.3, -0.25) is 9.59 Å². The van der Waals surface area contributed by atoms with Crippen molar-refractivity contribution in [3.63, 3.8) is 0 Å². The van der Waals surface area contributed by atoms with Crippen molar-refractivity contribution in [2.75, 3.05) is 6.61 Å². The average molecular weight is 986 g/mol. The number of imide groups is 1. The quantitative estimate of drug-likeness (QED) is 0.0826. The summed E-state index contributed by atoms with van der Waals surface area (Å²) in [4.78, 5) is 40.0. The molecule has 0 radical (unpaired) electrons. The van der Waals surface area contributed by atoms with Gasteiger partial charge in [0.05, 0.1) is 25.4 Å². The number of cyclic esters (lactones) is 1. The van der Waals surface area contributed by atoms with Crippen molar-refractivity contribution in [1.29, 1.82) is 0 Å². The summed E-state index contributed by atoms with van der Waals surface area (Å²) in [6.07, 6.45) is 7.53. The van der Waals surface area contributed by atoms with E-state index in [0.29, 0.717) is 6.42 Å². The van der Waals surface area contributed by atoms with E-state index in [1.807, 2.05) is 140 Å². The number of Topliss-reactive ketones (excluding diaryl/α,β-unsaturated/α-hetero) is 1. The van der Waals surface area contributed by atoms with Crippen LogP contribution in [0.5, 0.6) is 0 Å². The monoisotopic (exact) mass is 985 g/mol. The van der Waals surface area contributed by atoms with E-state index in [9.17, 15) is 24.6 Å². The number of amides is 2. The Morgan fingerprint density at radius 2 is 0.946 bits per heavy atom. The minimum atomic E-state index is -1.65. The summed E-state index contributed by atoms with van der Waals surface area (Å²) in [6.45, 7) is 9.80. The molecule has 1 aliphatic heterocycles. The van der Waals surface area contributed by atoms with Gasteiger partial charge in [-0.25, -0.2) is 9.69 Å². The highest BCUT2D eigenvalue weighted by molar-refractivity contribution is 5.99. The number of aliphatic hydroxyl groups is 3. The summed E-state index contributed by atoms with van der Waals surface area (Å²) < 4.78 is 17.5. The molecule has 74 heavy (non-hydrogen) atoms. The van der Waals surface area contributed by atoms with E-state index >= 15 is 0 Å². The maximum Gasteiger partial charge on any atom is 0.417 e. The Labute approximate surface area is 436 Å². The van der Waals surface area contributed by atoms with E-state index in [2.05, 4.69) is 71.0 Å². The molecule has 0 spiro atoms. The fourth-order valence-electron chi connectivity index (χ4n) is 7.61. The number of hydrogen-bond donors (Lipinski definition) is 3. The molecule has 374 valence electrons. The van der Waals surface area contributed by atoms with Crippen LogP contribution in [-0.2, 0) is 37.0 Å². The van der Waals surface area contributed by atoms with Gasteiger partial charge in [0, 0.05) is 0 Å². The lowest BCUT2D eigenvalue weighted by atomic mass is 9.88. The SMILES string of the molecule is C#CC#CC#CC#CC#CC#CC#C.CC[C@H](O)[C@](C)(OCc1ccc(-c2ccccc2)cc1)C(=O)CO.CC[C@H](O)[C@](C)(OCc1ccc(-c2ccccc2)cc1)C(=O)N1C(=O)OC(C)(C)[C@@H]1c1ccccc1. The molecule has 0 aliphatic carbocycles. The second kappa shape index (κ2) is 29.1. The highest BCUT2D eigenvalue weighted by atomic mass is 16.6. The zero-order valence-corrected chi connectivity index (χ0v) is 42.4. The predicted octanol–water partition coefficient (Wildman–Crippen LogP) is 9.13. The second-order valence-corrected chi connectivity index (χ2v) is 17.3. The normalized spacial score (nSPS) is 14.9. The summed E-state index contributed by atoms with van der Waals surface area (Å²) >= 11 is 0. The van der Waals surface area contributed by atoms with Crippen LogP contribution in [0, 0.1) is 83.9 Å². The molecule has 5 atom stereocenters. The summed E-state index contributed by atoms with van der Waals surface area (Å²) in [5, 5.41) is 30.2. The number of rotatable bonds is 16. The number of carbonyl (C=O) groups is 3. The molecule has 5 aromatic rings. The van der Waals surface area contributed by atoms with Crippen LogP contribution < -0.4 is 0 Å². The van der Waals surface area contributed by atoms with Crippen LogP contribution in [0.3, 0.4) is 0 Å². The Bertz CT molecular complexity index is 3020. The van der Waals surface area contributed by atoms with Gasteiger partial charge in [0.15, 0.2) is 17.0 Å². The molecule has 6 rings (SSSR count). The van der Waals surface area contributed by atoms with Gasteiger partial charge in [-0.15, -0.1) is 12.8 Å². The van der Waals surface area contributed by atoms with E-state index in [-0.39, 0.29) is 19.6 Å². The highest BCUT2D eigenvalue weighted by Crippen LogP contribution is 2.43. The number of carbonyl (C=O) groups excluding carboxylic acids is 3. The number of benzene rings is 5. The summed E-state index contributed by atoms with van der Waals surface area (Å²) in [5.74, 6) is 27.1. The standard InChI is InChI=1S/C30H33NO5.C20H24O4.C14H2/c1-5-25(32)30(4,35-20-21-16-18-23(19-17-21)22-12-8-6-9-13-22)27(33)31-26(24-14-10-7-11-15-24)29(2,3)36-28(31)34;1-3-18(22)20(2,19(23)13-21)24-14-15-9-11-17(12-10-15)16-7-5-4-6-8-16;1-3-5-7-9-11-13-14-12-10-8-6-4-2/h6-19,25-26,32H,5,20H2,1-4H3;4-12,18,21-22H,3,13-14H2,1-2H3;1-2H/t25-,26-,30-;18-,20-;/m00./s1. The fraction of sp³-hybridized carbons (Fsp3) is 0.266. The lowest BCUT2D eigenvalue weighted by Gasteiger charge is -2.37. The topological polar surface area (TPSA) is 143 Å². The molecule has 1 aliphatic rings.